The zero-order valence-electron chi connectivity index (χ0n) is 22.4. The van der Waals surface area contributed by atoms with Crippen molar-refractivity contribution in [3.63, 3.8) is 0 Å². The molecule has 3 rings (SSSR count). The van der Waals surface area contributed by atoms with Crippen LogP contribution < -0.4 is 19.5 Å². The first-order chi connectivity index (χ1) is 19.1. The van der Waals surface area contributed by atoms with Gasteiger partial charge in [0.1, 0.15) is 12.3 Å². The molecule has 1 N–H and O–H groups in total. The summed E-state index contributed by atoms with van der Waals surface area (Å²) in [5.41, 5.74) is 0.477. The van der Waals surface area contributed by atoms with Crippen molar-refractivity contribution in [1.82, 2.24) is 14.9 Å². The number of nitrogens with zero attached hydrogens (tertiary/aromatic N) is 5. The van der Waals surface area contributed by atoms with Crippen LogP contribution in [0.4, 0.5) is 11.5 Å². The van der Waals surface area contributed by atoms with Gasteiger partial charge >= 0.3 is 23.5 Å². The summed E-state index contributed by atoms with van der Waals surface area (Å²) in [5, 5.41) is 24.0. The molecule has 0 unspecified atom stereocenters. The van der Waals surface area contributed by atoms with Gasteiger partial charge in [-0.05, 0) is 49.7 Å². The van der Waals surface area contributed by atoms with Gasteiger partial charge in [-0.25, -0.2) is 0 Å². The Morgan fingerprint density at radius 2 is 1.88 bits per heavy atom. The third-order valence-electron chi connectivity index (χ3n) is 5.13. The van der Waals surface area contributed by atoms with Crippen LogP contribution in [0.2, 0.25) is 0 Å². The van der Waals surface area contributed by atoms with Crippen molar-refractivity contribution < 1.29 is 33.5 Å². The molecule has 0 saturated heterocycles. The van der Waals surface area contributed by atoms with E-state index in [4.69, 9.17) is 18.9 Å². The van der Waals surface area contributed by atoms with Crippen LogP contribution in [0.5, 0.6) is 29.1 Å². The highest BCUT2D eigenvalue weighted by Crippen LogP contribution is 2.39. The molecule has 2 aromatic carbocycles. The first-order valence-corrected chi connectivity index (χ1v) is 11.8. The van der Waals surface area contributed by atoms with Gasteiger partial charge in [-0.1, -0.05) is 0 Å². The quantitative estimate of drug-likeness (QED) is 0.207. The van der Waals surface area contributed by atoms with Crippen LogP contribution in [0.3, 0.4) is 0 Å². The number of nitriles is 1. The van der Waals surface area contributed by atoms with Crippen LogP contribution in [0.1, 0.15) is 28.4 Å². The molecule has 0 atom stereocenters. The zero-order valence-corrected chi connectivity index (χ0v) is 22.4. The molecule has 1 aromatic heterocycles. The van der Waals surface area contributed by atoms with Crippen molar-refractivity contribution in [2.24, 2.45) is 0 Å². The molecule has 0 bridgehead atoms. The number of carbonyl (C=O) groups excluding carboxylic acids is 2. The van der Waals surface area contributed by atoms with Crippen molar-refractivity contribution in [1.29, 1.82) is 5.26 Å². The van der Waals surface area contributed by atoms with E-state index < -0.39 is 40.8 Å². The number of hydrogen-bond acceptors (Lipinski definition) is 12. The number of methoxy groups -OCH3 is 1. The van der Waals surface area contributed by atoms with Gasteiger partial charge in [0.2, 0.25) is 5.82 Å². The van der Waals surface area contributed by atoms with Crippen molar-refractivity contribution in [3.8, 4) is 35.2 Å². The second-order valence-corrected chi connectivity index (χ2v) is 8.34. The minimum absolute atomic E-state index is 0.0483. The van der Waals surface area contributed by atoms with Crippen LogP contribution >= 0.6 is 0 Å². The summed E-state index contributed by atoms with van der Waals surface area (Å²) in [6.07, 6.45) is 0. The molecule has 0 radical (unpaired) electrons. The summed E-state index contributed by atoms with van der Waals surface area (Å²) >= 11 is 0. The third kappa shape index (κ3) is 7.10. The topological polar surface area (TPSA) is 179 Å². The number of aromatic nitrogens is 2. The first kappa shape index (κ1) is 29.1. The molecular weight excluding hydrogens is 524 g/mol. The number of nitrogens with one attached hydrogen (secondary N) is 1. The fourth-order valence-corrected chi connectivity index (χ4v) is 3.41. The van der Waals surface area contributed by atoms with Gasteiger partial charge in [-0.15, -0.1) is 0 Å². The molecule has 1 heterocycles. The Kier molecular flexibility index (Phi) is 9.37. The van der Waals surface area contributed by atoms with Crippen molar-refractivity contribution in [3.05, 3.63) is 63.2 Å². The molecule has 40 heavy (non-hydrogen) atoms. The number of anilines is 1. The SMILES string of the molecule is CCOC(=O)CNc1nc(Oc2cc(C#N)ccc2OC)nc(Oc2cc(C)cc(C(=O)N(C)C)c2)c1[N+](=O)[O-]. The maximum absolute atomic E-state index is 12.5. The summed E-state index contributed by atoms with van der Waals surface area (Å²) < 4.78 is 21.7. The summed E-state index contributed by atoms with van der Waals surface area (Å²) in [5.74, 6) is -1.57. The molecule has 0 aliphatic heterocycles. The number of aryl methyl sites for hydroxylation is 1. The van der Waals surface area contributed by atoms with E-state index >= 15 is 0 Å². The Labute approximate surface area is 229 Å². The average Bonchev–Trinajstić information content (AvgIpc) is 2.90. The van der Waals surface area contributed by atoms with Crippen molar-refractivity contribution in [2.75, 3.05) is 39.7 Å². The number of nitro groups is 1. The first-order valence-electron chi connectivity index (χ1n) is 11.8. The number of amides is 1. The Balaban J connectivity index is 2.14. The lowest BCUT2D eigenvalue weighted by Crippen LogP contribution is -2.21. The predicted molar refractivity (Wildman–Crippen MR) is 141 cm³/mol. The summed E-state index contributed by atoms with van der Waals surface area (Å²) in [6.45, 7) is 2.99. The van der Waals surface area contributed by atoms with Gasteiger partial charge in [0.25, 0.3) is 5.91 Å². The molecule has 208 valence electrons. The van der Waals surface area contributed by atoms with Crippen LogP contribution in [0.15, 0.2) is 36.4 Å². The van der Waals surface area contributed by atoms with Gasteiger partial charge < -0.3 is 29.2 Å². The highest BCUT2D eigenvalue weighted by atomic mass is 16.6. The average molecular weight is 551 g/mol. The molecule has 0 fully saturated rings. The highest BCUT2D eigenvalue weighted by Gasteiger charge is 2.29. The van der Waals surface area contributed by atoms with Gasteiger partial charge in [0.05, 0.1) is 30.3 Å². The molecule has 0 aliphatic carbocycles. The fraction of sp³-hybridized carbons (Fsp3) is 0.269. The number of carbonyl (C=O) groups is 2. The van der Waals surface area contributed by atoms with Crippen molar-refractivity contribution >= 4 is 23.4 Å². The third-order valence-corrected chi connectivity index (χ3v) is 5.13. The van der Waals surface area contributed by atoms with Crippen LogP contribution in [-0.2, 0) is 9.53 Å². The van der Waals surface area contributed by atoms with Gasteiger partial charge in [-0.2, -0.15) is 15.2 Å². The lowest BCUT2D eigenvalue weighted by molar-refractivity contribution is -0.385. The van der Waals surface area contributed by atoms with Crippen LogP contribution in [-0.4, -0.2) is 66.0 Å². The molecule has 0 aliphatic rings. The fourth-order valence-electron chi connectivity index (χ4n) is 3.41. The molecule has 1 amide bonds. The van der Waals surface area contributed by atoms with E-state index in [-0.39, 0.29) is 40.9 Å². The Hall–Kier alpha value is -5.45. The number of rotatable bonds is 11. The molecule has 14 heteroatoms. The maximum Gasteiger partial charge on any atom is 0.373 e. The molecule has 3 aromatic rings. The van der Waals surface area contributed by atoms with Crippen LogP contribution in [0, 0.1) is 28.4 Å². The van der Waals surface area contributed by atoms with E-state index in [1.54, 1.807) is 40.1 Å². The Morgan fingerprint density at radius 3 is 2.50 bits per heavy atom. The molecular formula is C26H26N6O8. The number of esters is 1. The predicted octanol–water partition coefficient (Wildman–Crippen LogP) is 3.83. The van der Waals surface area contributed by atoms with E-state index in [0.29, 0.717) is 5.56 Å². The maximum atomic E-state index is 12.5. The van der Waals surface area contributed by atoms with Crippen molar-refractivity contribution in [2.45, 2.75) is 13.8 Å². The van der Waals surface area contributed by atoms with E-state index in [1.807, 2.05) is 6.07 Å². The second kappa shape index (κ2) is 12.9. The van der Waals surface area contributed by atoms with E-state index in [0.717, 1.165) is 0 Å². The lowest BCUT2D eigenvalue weighted by Gasteiger charge is -2.15. The standard InChI is InChI=1S/C26H26N6O8/c1-6-38-21(33)14-28-23-22(32(35)36)24(39-18-10-15(2)9-17(12-18)25(34)31(3)4)30-26(29-23)40-20-11-16(13-27)7-8-19(20)37-5/h7-12H,6,14H2,1-5H3,(H,28,29,30). The van der Waals surface area contributed by atoms with E-state index in [1.165, 1.54) is 36.3 Å². The normalized spacial score (nSPS) is 10.2. The van der Waals surface area contributed by atoms with Gasteiger partial charge in [0.15, 0.2) is 11.5 Å². The number of benzene rings is 2. The Bertz CT molecular complexity index is 1480. The second-order valence-electron chi connectivity index (χ2n) is 8.34. The highest BCUT2D eigenvalue weighted by molar-refractivity contribution is 5.94. The zero-order chi connectivity index (χ0) is 29.4. The van der Waals surface area contributed by atoms with E-state index in [2.05, 4.69) is 15.3 Å². The molecule has 14 nitrogen and oxygen atoms in total. The smallest absolute Gasteiger partial charge is 0.373 e. The van der Waals surface area contributed by atoms with Gasteiger partial charge in [-0.3, -0.25) is 19.7 Å². The summed E-state index contributed by atoms with van der Waals surface area (Å²) in [4.78, 5) is 45.4. The largest absolute Gasteiger partial charge is 0.493 e. The minimum atomic E-state index is -0.787. The summed E-state index contributed by atoms with van der Waals surface area (Å²) in [7, 11) is 4.55. The van der Waals surface area contributed by atoms with Gasteiger partial charge in [0, 0.05) is 25.7 Å². The van der Waals surface area contributed by atoms with E-state index in [9.17, 15) is 25.0 Å². The number of ether oxygens (including phenoxy) is 4. The Morgan fingerprint density at radius 1 is 1.12 bits per heavy atom. The number of hydrogen-bond donors (Lipinski definition) is 1. The monoisotopic (exact) mass is 550 g/mol. The summed E-state index contributed by atoms with van der Waals surface area (Å²) in [6, 6.07) is 10.5. The van der Waals surface area contributed by atoms with Crippen LogP contribution in [0.25, 0.3) is 0 Å². The lowest BCUT2D eigenvalue weighted by atomic mass is 10.1. The molecule has 0 spiro atoms. The minimum Gasteiger partial charge on any atom is -0.493 e. The molecule has 0 saturated carbocycles.